The van der Waals surface area contributed by atoms with Gasteiger partial charge in [0.05, 0.1) is 0 Å². The maximum absolute atomic E-state index is 13.3. The molecule has 4 nitrogen and oxygen atoms in total. The van der Waals surface area contributed by atoms with Crippen molar-refractivity contribution in [3.8, 4) is 0 Å². The summed E-state index contributed by atoms with van der Waals surface area (Å²) in [5.74, 6) is 2.25. The molecule has 3 rings (SSSR count). The fourth-order valence-corrected chi connectivity index (χ4v) is 5.69. The van der Waals surface area contributed by atoms with E-state index in [-0.39, 0.29) is 11.7 Å². The highest BCUT2D eigenvalue weighted by Crippen LogP contribution is 2.24. The fourth-order valence-electron chi connectivity index (χ4n) is 5.69. The molecule has 44 heavy (non-hydrogen) atoms. The van der Waals surface area contributed by atoms with E-state index in [0.29, 0.717) is 49.3 Å². The average Bonchev–Trinajstić information content (AvgIpc) is 3.00. The van der Waals surface area contributed by atoms with E-state index in [2.05, 4.69) is 74.3 Å². The zero-order chi connectivity index (χ0) is 31.9. The molecular weight excluding hydrogens is 540 g/mol. The molecule has 236 valence electrons. The predicted molar refractivity (Wildman–Crippen MR) is 187 cm³/mol. The average molecular weight is 595 g/mol. The second-order valence-electron chi connectivity index (χ2n) is 13.2. The molecule has 0 saturated carbocycles. The Hall–Kier alpha value is -3.53. The number of carbonyl (C=O) groups excluding carboxylic acids is 2. The minimum atomic E-state index is -0.0392. The second kappa shape index (κ2) is 18.3. The van der Waals surface area contributed by atoms with Crippen LogP contribution < -0.4 is 5.73 Å². The zero-order valence-electron chi connectivity index (χ0n) is 27.8. The number of rotatable bonds is 19. The van der Waals surface area contributed by atoms with Gasteiger partial charge in [0.25, 0.3) is 0 Å². The number of allylic oxidation sites excluding steroid dienone is 1. The molecule has 0 amide bonds. The van der Waals surface area contributed by atoms with E-state index in [1.54, 1.807) is 0 Å². The first-order chi connectivity index (χ1) is 21.1. The zero-order valence-corrected chi connectivity index (χ0v) is 27.8. The third kappa shape index (κ3) is 12.2. The van der Waals surface area contributed by atoms with E-state index in [1.165, 1.54) is 16.5 Å². The van der Waals surface area contributed by atoms with Crippen LogP contribution >= 0.6 is 0 Å². The lowest BCUT2D eigenvalue weighted by Gasteiger charge is -2.16. The SMILES string of the molecule is CC(C)=CC(N)=NCCCC(CCCC(=O)c1ccc2cc(CC(C)C(C)C)ccc2c1)C(=O)CCCCc1ccccc1. The summed E-state index contributed by atoms with van der Waals surface area (Å²) in [4.78, 5) is 30.9. The number of aliphatic imine (C=N–C) groups is 1. The number of nitrogens with zero attached hydrogens (tertiary/aromatic N) is 1. The van der Waals surface area contributed by atoms with E-state index < -0.39 is 0 Å². The molecule has 0 radical (unpaired) electrons. The maximum Gasteiger partial charge on any atom is 0.162 e. The number of Topliss-reactive ketones (excluding diaryl/α,β-unsaturated/α-hetero) is 2. The highest BCUT2D eigenvalue weighted by Gasteiger charge is 2.19. The number of hydrogen-bond acceptors (Lipinski definition) is 3. The van der Waals surface area contributed by atoms with Crippen LogP contribution in [0.3, 0.4) is 0 Å². The summed E-state index contributed by atoms with van der Waals surface area (Å²) >= 11 is 0. The van der Waals surface area contributed by atoms with Gasteiger partial charge >= 0.3 is 0 Å². The predicted octanol–water partition coefficient (Wildman–Crippen LogP) is 9.73. The number of benzene rings is 3. The molecule has 2 atom stereocenters. The monoisotopic (exact) mass is 594 g/mol. The summed E-state index contributed by atoms with van der Waals surface area (Å²) < 4.78 is 0. The molecule has 0 saturated heterocycles. The quantitative estimate of drug-likeness (QED) is 0.0650. The molecule has 4 heteroatoms. The Labute approximate surface area is 266 Å². The van der Waals surface area contributed by atoms with Crippen molar-refractivity contribution in [1.29, 1.82) is 0 Å². The van der Waals surface area contributed by atoms with Gasteiger partial charge in [-0.15, -0.1) is 0 Å². The number of nitrogens with two attached hydrogens (primary N) is 1. The third-order valence-corrected chi connectivity index (χ3v) is 8.76. The highest BCUT2D eigenvalue weighted by molar-refractivity contribution is 6.00. The van der Waals surface area contributed by atoms with Crippen LogP contribution in [0.25, 0.3) is 10.8 Å². The Bertz CT molecular complexity index is 1400. The van der Waals surface area contributed by atoms with Crippen molar-refractivity contribution in [2.24, 2.45) is 28.5 Å². The smallest absolute Gasteiger partial charge is 0.162 e. The summed E-state index contributed by atoms with van der Waals surface area (Å²) in [5.41, 5.74) is 10.5. The number of carbonyl (C=O) groups is 2. The molecule has 0 aliphatic carbocycles. The van der Waals surface area contributed by atoms with Crippen molar-refractivity contribution in [2.45, 2.75) is 98.8 Å². The molecule has 0 fully saturated rings. The van der Waals surface area contributed by atoms with Gasteiger partial charge in [0.15, 0.2) is 5.78 Å². The first-order valence-corrected chi connectivity index (χ1v) is 16.7. The summed E-state index contributed by atoms with van der Waals surface area (Å²) in [7, 11) is 0. The lowest BCUT2D eigenvalue weighted by Crippen LogP contribution is -2.16. The van der Waals surface area contributed by atoms with E-state index in [4.69, 9.17) is 5.73 Å². The van der Waals surface area contributed by atoms with Gasteiger partial charge in [0.1, 0.15) is 11.6 Å². The lowest BCUT2D eigenvalue weighted by molar-refractivity contribution is -0.123. The van der Waals surface area contributed by atoms with Gasteiger partial charge in [-0.25, -0.2) is 0 Å². The van der Waals surface area contributed by atoms with Gasteiger partial charge < -0.3 is 5.73 Å². The van der Waals surface area contributed by atoms with Crippen molar-refractivity contribution in [2.75, 3.05) is 6.54 Å². The summed E-state index contributed by atoms with van der Waals surface area (Å²) in [6, 6.07) is 23.1. The van der Waals surface area contributed by atoms with Crippen LogP contribution in [0.15, 0.2) is 83.4 Å². The van der Waals surface area contributed by atoms with Crippen LogP contribution in [0.4, 0.5) is 0 Å². The van der Waals surface area contributed by atoms with E-state index in [0.717, 1.165) is 61.5 Å². The molecule has 0 heterocycles. The van der Waals surface area contributed by atoms with Gasteiger partial charge in [0.2, 0.25) is 0 Å². The summed E-state index contributed by atoms with van der Waals surface area (Å²) in [5, 5.41) is 2.29. The van der Waals surface area contributed by atoms with E-state index in [1.807, 2.05) is 38.1 Å². The minimum Gasteiger partial charge on any atom is -0.384 e. The molecule has 3 aromatic carbocycles. The fraction of sp³-hybridized carbons (Fsp3) is 0.475. The van der Waals surface area contributed by atoms with Crippen LogP contribution in [-0.2, 0) is 17.6 Å². The van der Waals surface area contributed by atoms with Crippen molar-refractivity contribution in [3.05, 3.63) is 95.1 Å². The molecule has 0 aliphatic rings. The number of ketones is 2. The molecule has 0 aliphatic heterocycles. The van der Waals surface area contributed by atoms with Crippen LogP contribution in [-0.4, -0.2) is 23.9 Å². The van der Waals surface area contributed by atoms with Gasteiger partial charge in [0, 0.05) is 30.9 Å². The number of fused-ring (bicyclic) bond motifs is 1. The van der Waals surface area contributed by atoms with Crippen molar-refractivity contribution >= 4 is 28.2 Å². The Kier molecular flexibility index (Phi) is 14.6. The Balaban J connectivity index is 1.55. The van der Waals surface area contributed by atoms with Gasteiger partial charge in [-0.1, -0.05) is 87.0 Å². The van der Waals surface area contributed by atoms with Gasteiger partial charge in [-0.2, -0.15) is 0 Å². The van der Waals surface area contributed by atoms with Crippen LogP contribution in [0.5, 0.6) is 0 Å². The lowest BCUT2D eigenvalue weighted by atomic mass is 9.88. The Morgan fingerprint density at radius 3 is 2.23 bits per heavy atom. The summed E-state index contributed by atoms with van der Waals surface area (Å²) in [6.45, 7) is 11.5. The molecule has 3 aromatic rings. The first-order valence-electron chi connectivity index (χ1n) is 16.7. The number of aryl methyl sites for hydroxylation is 1. The second-order valence-corrected chi connectivity index (χ2v) is 13.2. The third-order valence-electron chi connectivity index (χ3n) is 8.76. The van der Waals surface area contributed by atoms with E-state index >= 15 is 0 Å². The molecule has 2 N–H and O–H groups in total. The van der Waals surface area contributed by atoms with Crippen LogP contribution in [0, 0.1) is 17.8 Å². The maximum atomic E-state index is 13.3. The van der Waals surface area contributed by atoms with Crippen molar-refractivity contribution in [1.82, 2.24) is 0 Å². The van der Waals surface area contributed by atoms with Gasteiger partial charge in [-0.3, -0.25) is 14.6 Å². The van der Waals surface area contributed by atoms with Gasteiger partial charge in [-0.05, 0) is 111 Å². The molecule has 2 unspecified atom stereocenters. The molecular formula is C40H54N2O2. The van der Waals surface area contributed by atoms with Crippen LogP contribution in [0.1, 0.15) is 107 Å². The van der Waals surface area contributed by atoms with Crippen molar-refractivity contribution < 1.29 is 9.59 Å². The number of amidine groups is 1. The standard InChI is InChI=1S/C40H54N2O2/c1-29(2)25-40(41)42-24-12-17-34(38(43)18-10-9-15-32-13-7-6-8-14-32)16-11-19-39(44)37-23-22-35-27-33(20-21-36(35)28-37)26-31(5)30(3)4/h6-8,13-14,20-23,25,27-28,30-31,34H,9-12,15-19,24,26H2,1-5H3,(H2,41,42). The topological polar surface area (TPSA) is 72.5 Å². The normalized spacial score (nSPS) is 13.2. The Morgan fingerprint density at radius 2 is 1.50 bits per heavy atom. The number of hydrogen-bond donors (Lipinski definition) is 1. The Morgan fingerprint density at radius 1 is 0.795 bits per heavy atom. The largest absolute Gasteiger partial charge is 0.384 e. The van der Waals surface area contributed by atoms with Crippen molar-refractivity contribution in [3.63, 3.8) is 0 Å². The first kappa shape index (κ1) is 35.0. The summed E-state index contributed by atoms with van der Waals surface area (Å²) in [6.07, 6.45) is 9.93. The molecule has 0 aromatic heterocycles. The number of unbranched alkanes of at least 4 members (excludes halogenated alkanes) is 1. The van der Waals surface area contributed by atoms with Crippen LogP contribution in [0.2, 0.25) is 0 Å². The molecule has 0 bridgehead atoms. The highest BCUT2D eigenvalue weighted by atomic mass is 16.1. The molecule has 0 spiro atoms. The van der Waals surface area contributed by atoms with E-state index in [9.17, 15) is 9.59 Å². The minimum absolute atomic E-state index is 0.0392.